The number of amides is 1. The third-order valence-electron chi connectivity index (χ3n) is 2.91. The summed E-state index contributed by atoms with van der Waals surface area (Å²) in [5.41, 5.74) is 7.38. The molecule has 4 nitrogen and oxygen atoms in total. The smallest absolute Gasteiger partial charge is 0.243 e. The number of likely N-dealkylation sites (N-methyl/N-ethyl adjacent to an activating group) is 1. The normalized spacial score (nSPS) is 10.2. The molecule has 3 N–H and O–H groups in total. The number of carbonyl (C=O) groups excluding carboxylic acids is 1. The van der Waals surface area contributed by atoms with Crippen LogP contribution in [0, 0.1) is 5.82 Å². The van der Waals surface area contributed by atoms with Crippen molar-refractivity contribution in [2.24, 2.45) is 0 Å². The Morgan fingerprint density at radius 1 is 1.29 bits per heavy atom. The summed E-state index contributed by atoms with van der Waals surface area (Å²) >= 11 is 5.99. The van der Waals surface area contributed by atoms with Crippen LogP contribution in [-0.2, 0) is 4.79 Å². The second-order valence-corrected chi connectivity index (χ2v) is 5.03. The summed E-state index contributed by atoms with van der Waals surface area (Å²) in [6.45, 7) is 0.108. The summed E-state index contributed by atoms with van der Waals surface area (Å²) in [6, 6.07) is 10.8. The number of hydrogen-bond donors (Lipinski definition) is 2. The fourth-order valence-corrected chi connectivity index (χ4v) is 2.00. The number of halogens is 2. The van der Waals surface area contributed by atoms with Gasteiger partial charge >= 0.3 is 0 Å². The summed E-state index contributed by atoms with van der Waals surface area (Å²) in [6.07, 6.45) is 0. The van der Waals surface area contributed by atoms with Gasteiger partial charge in [-0.2, -0.15) is 0 Å². The molecule has 0 aliphatic heterocycles. The zero-order valence-corrected chi connectivity index (χ0v) is 12.2. The minimum atomic E-state index is -0.317. The standard InChI is InChI=1S/C15H15ClFN3O/c1-20(12-5-2-10(17)3-6-12)9-15(21)19-14-8-11(18)4-7-13(14)16/h2-8H,9,18H2,1H3,(H,19,21). The SMILES string of the molecule is CN(CC(=O)Nc1cc(N)ccc1Cl)c1ccc(F)cc1. The van der Waals surface area contributed by atoms with E-state index in [1.807, 2.05) is 0 Å². The molecule has 0 saturated carbocycles. The van der Waals surface area contributed by atoms with Gasteiger partial charge in [0.1, 0.15) is 5.82 Å². The van der Waals surface area contributed by atoms with Gasteiger partial charge in [-0.05, 0) is 42.5 Å². The van der Waals surface area contributed by atoms with Crippen LogP contribution in [0.5, 0.6) is 0 Å². The highest BCUT2D eigenvalue weighted by molar-refractivity contribution is 6.33. The van der Waals surface area contributed by atoms with Gasteiger partial charge in [0.2, 0.25) is 5.91 Å². The van der Waals surface area contributed by atoms with Gasteiger partial charge < -0.3 is 16.0 Å². The number of nitrogens with zero attached hydrogens (tertiary/aromatic N) is 1. The summed E-state index contributed by atoms with van der Waals surface area (Å²) in [5.74, 6) is -0.558. The molecule has 0 radical (unpaired) electrons. The van der Waals surface area contributed by atoms with Crippen molar-refractivity contribution in [3.05, 3.63) is 53.3 Å². The van der Waals surface area contributed by atoms with Gasteiger partial charge in [0.05, 0.1) is 17.3 Å². The molecular formula is C15H15ClFN3O. The zero-order valence-electron chi connectivity index (χ0n) is 11.4. The van der Waals surface area contributed by atoms with E-state index in [4.69, 9.17) is 17.3 Å². The van der Waals surface area contributed by atoms with Crippen LogP contribution in [0.4, 0.5) is 21.5 Å². The third kappa shape index (κ3) is 4.10. The highest BCUT2D eigenvalue weighted by atomic mass is 35.5. The van der Waals surface area contributed by atoms with Crippen molar-refractivity contribution in [1.29, 1.82) is 0 Å². The average molecular weight is 308 g/mol. The monoisotopic (exact) mass is 307 g/mol. The molecule has 0 unspecified atom stereocenters. The van der Waals surface area contributed by atoms with Crippen molar-refractivity contribution in [3.8, 4) is 0 Å². The van der Waals surface area contributed by atoms with E-state index in [0.717, 1.165) is 5.69 Å². The summed E-state index contributed by atoms with van der Waals surface area (Å²) in [5, 5.41) is 3.11. The number of rotatable bonds is 4. The van der Waals surface area contributed by atoms with Crippen LogP contribution in [-0.4, -0.2) is 19.5 Å². The topological polar surface area (TPSA) is 58.4 Å². The molecule has 0 saturated heterocycles. The number of nitrogen functional groups attached to an aromatic ring is 1. The first-order valence-electron chi connectivity index (χ1n) is 6.27. The number of nitrogens with one attached hydrogen (secondary N) is 1. The molecule has 0 heterocycles. The van der Waals surface area contributed by atoms with Crippen LogP contribution in [0.3, 0.4) is 0 Å². The van der Waals surface area contributed by atoms with E-state index in [1.54, 1.807) is 42.3 Å². The lowest BCUT2D eigenvalue weighted by atomic mass is 10.2. The summed E-state index contributed by atoms with van der Waals surface area (Å²) < 4.78 is 12.9. The number of anilines is 3. The fourth-order valence-electron chi connectivity index (χ4n) is 1.83. The molecule has 0 fully saturated rings. The molecule has 1 amide bonds. The van der Waals surface area contributed by atoms with Crippen molar-refractivity contribution in [3.63, 3.8) is 0 Å². The van der Waals surface area contributed by atoms with Crippen molar-refractivity contribution < 1.29 is 9.18 Å². The van der Waals surface area contributed by atoms with Crippen LogP contribution in [0.1, 0.15) is 0 Å². The molecule has 0 aliphatic carbocycles. The van der Waals surface area contributed by atoms with E-state index in [9.17, 15) is 9.18 Å². The van der Waals surface area contributed by atoms with Crippen LogP contribution in [0.25, 0.3) is 0 Å². The molecule has 110 valence electrons. The minimum absolute atomic E-state index is 0.108. The quantitative estimate of drug-likeness (QED) is 0.853. The predicted molar refractivity (Wildman–Crippen MR) is 84.2 cm³/mol. The molecule has 0 atom stereocenters. The van der Waals surface area contributed by atoms with Gasteiger partial charge in [-0.1, -0.05) is 11.6 Å². The molecule has 0 spiro atoms. The predicted octanol–water partition coefficient (Wildman–Crippen LogP) is 3.14. The van der Waals surface area contributed by atoms with Crippen molar-refractivity contribution in [2.45, 2.75) is 0 Å². The first kappa shape index (κ1) is 15.1. The first-order chi connectivity index (χ1) is 9.95. The number of hydrogen-bond acceptors (Lipinski definition) is 3. The molecule has 6 heteroatoms. The Labute approximate surface area is 127 Å². The van der Waals surface area contributed by atoms with Gasteiger partial charge in [0.25, 0.3) is 0 Å². The molecule has 21 heavy (non-hydrogen) atoms. The van der Waals surface area contributed by atoms with Crippen LogP contribution >= 0.6 is 11.6 Å². The minimum Gasteiger partial charge on any atom is -0.399 e. The van der Waals surface area contributed by atoms with E-state index >= 15 is 0 Å². The van der Waals surface area contributed by atoms with E-state index in [0.29, 0.717) is 16.4 Å². The molecule has 0 aliphatic rings. The van der Waals surface area contributed by atoms with Crippen molar-refractivity contribution in [1.82, 2.24) is 0 Å². The maximum Gasteiger partial charge on any atom is 0.243 e. The fraction of sp³-hybridized carbons (Fsp3) is 0.133. The Kier molecular flexibility index (Phi) is 4.65. The number of nitrogens with two attached hydrogens (primary N) is 1. The molecule has 2 rings (SSSR count). The molecule has 0 aromatic heterocycles. The lowest BCUT2D eigenvalue weighted by Crippen LogP contribution is -2.30. The lowest BCUT2D eigenvalue weighted by Gasteiger charge is -2.19. The summed E-state index contributed by atoms with van der Waals surface area (Å²) in [4.78, 5) is 13.7. The van der Waals surface area contributed by atoms with Gasteiger partial charge in [-0.15, -0.1) is 0 Å². The maximum absolute atomic E-state index is 12.9. The van der Waals surface area contributed by atoms with Gasteiger partial charge in [0, 0.05) is 18.4 Å². The Morgan fingerprint density at radius 3 is 2.62 bits per heavy atom. The Morgan fingerprint density at radius 2 is 1.95 bits per heavy atom. The van der Waals surface area contributed by atoms with Crippen molar-refractivity contribution >= 4 is 34.6 Å². The second kappa shape index (κ2) is 6.45. The highest BCUT2D eigenvalue weighted by Crippen LogP contribution is 2.24. The van der Waals surface area contributed by atoms with Crippen LogP contribution < -0.4 is 16.0 Å². The van der Waals surface area contributed by atoms with E-state index in [1.165, 1.54) is 12.1 Å². The molecule has 0 bridgehead atoms. The maximum atomic E-state index is 12.9. The Hall–Kier alpha value is -2.27. The zero-order chi connectivity index (χ0) is 15.4. The highest BCUT2D eigenvalue weighted by Gasteiger charge is 2.10. The number of carbonyl (C=O) groups is 1. The Bertz CT molecular complexity index is 646. The third-order valence-corrected chi connectivity index (χ3v) is 3.24. The lowest BCUT2D eigenvalue weighted by molar-refractivity contribution is -0.114. The van der Waals surface area contributed by atoms with Crippen molar-refractivity contribution in [2.75, 3.05) is 29.5 Å². The van der Waals surface area contributed by atoms with Gasteiger partial charge in [-0.25, -0.2) is 4.39 Å². The molecule has 2 aromatic carbocycles. The van der Waals surface area contributed by atoms with E-state index in [-0.39, 0.29) is 18.3 Å². The van der Waals surface area contributed by atoms with Gasteiger partial charge in [0.15, 0.2) is 0 Å². The van der Waals surface area contributed by atoms with Gasteiger partial charge in [-0.3, -0.25) is 4.79 Å². The largest absolute Gasteiger partial charge is 0.399 e. The second-order valence-electron chi connectivity index (χ2n) is 4.62. The van der Waals surface area contributed by atoms with E-state index in [2.05, 4.69) is 5.32 Å². The first-order valence-corrected chi connectivity index (χ1v) is 6.65. The Balaban J connectivity index is 2.01. The molecule has 2 aromatic rings. The molecular weight excluding hydrogens is 293 g/mol. The van der Waals surface area contributed by atoms with Crippen LogP contribution in [0.2, 0.25) is 5.02 Å². The van der Waals surface area contributed by atoms with E-state index < -0.39 is 0 Å². The average Bonchev–Trinajstić information content (AvgIpc) is 2.43. The van der Waals surface area contributed by atoms with Crippen LogP contribution in [0.15, 0.2) is 42.5 Å². The summed E-state index contributed by atoms with van der Waals surface area (Å²) in [7, 11) is 1.74. The number of benzene rings is 2.